The molecule has 0 fully saturated rings. The molecule has 4 aromatic rings. The molecule has 2 aromatic heterocycles. The Kier molecular flexibility index (Phi) is 3.08. The molecule has 0 aliphatic rings. The summed E-state index contributed by atoms with van der Waals surface area (Å²) in [7, 11) is 0. The standard InChI is InChI=1S/C19H15N3O/c1-12-5-2-3-7-15(12)22-19(23)16-11-14-9-8-13-6-4-10-20-17(13)18(14)21-16/h2-11,21H,1H3,(H,22,23). The van der Waals surface area contributed by atoms with Gasteiger partial charge in [-0.3, -0.25) is 9.78 Å². The molecule has 0 saturated heterocycles. The second kappa shape index (κ2) is 5.25. The van der Waals surface area contributed by atoms with E-state index < -0.39 is 0 Å². The highest BCUT2D eigenvalue weighted by Crippen LogP contribution is 2.24. The van der Waals surface area contributed by atoms with Crippen molar-refractivity contribution in [1.82, 2.24) is 9.97 Å². The predicted octanol–water partition coefficient (Wildman–Crippen LogP) is 4.28. The number of hydrogen-bond donors (Lipinski definition) is 2. The Labute approximate surface area is 133 Å². The summed E-state index contributed by atoms with van der Waals surface area (Å²) in [6.45, 7) is 1.97. The summed E-state index contributed by atoms with van der Waals surface area (Å²) >= 11 is 0. The zero-order chi connectivity index (χ0) is 15.8. The van der Waals surface area contributed by atoms with Crippen molar-refractivity contribution in [2.45, 2.75) is 6.92 Å². The van der Waals surface area contributed by atoms with E-state index in [9.17, 15) is 4.79 Å². The van der Waals surface area contributed by atoms with Crippen LogP contribution in [0.3, 0.4) is 0 Å². The van der Waals surface area contributed by atoms with Crippen molar-refractivity contribution in [2.75, 3.05) is 5.32 Å². The fourth-order valence-corrected chi connectivity index (χ4v) is 2.76. The van der Waals surface area contributed by atoms with Gasteiger partial charge in [0, 0.05) is 22.7 Å². The number of fused-ring (bicyclic) bond motifs is 3. The van der Waals surface area contributed by atoms with E-state index >= 15 is 0 Å². The molecule has 4 nitrogen and oxygen atoms in total. The summed E-state index contributed by atoms with van der Waals surface area (Å²) in [4.78, 5) is 20.1. The van der Waals surface area contributed by atoms with Crippen LogP contribution in [0.1, 0.15) is 16.1 Å². The average molecular weight is 301 g/mol. The molecule has 112 valence electrons. The lowest BCUT2D eigenvalue weighted by molar-refractivity contribution is 0.102. The number of pyridine rings is 1. The molecule has 0 atom stereocenters. The van der Waals surface area contributed by atoms with Gasteiger partial charge in [0.1, 0.15) is 5.69 Å². The molecule has 2 heterocycles. The smallest absolute Gasteiger partial charge is 0.272 e. The van der Waals surface area contributed by atoms with Crippen molar-refractivity contribution < 1.29 is 4.79 Å². The predicted molar refractivity (Wildman–Crippen MR) is 92.7 cm³/mol. The maximum absolute atomic E-state index is 12.5. The zero-order valence-corrected chi connectivity index (χ0v) is 12.6. The third kappa shape index (κ3) is 2.34. The summed E-state index contributed by atoms with van der Waals surface area (Å²) in [6.07, 6.45) is 1.76. The number of amides is 1. The molecule has 0 radical (unpaired) electrons. The first-order valence-corrected chi connectivity index (χ1v) is 7.46. The Hall–Kier alpha value is -3.14. The van der Waals surface area contributed by atoms with Crippen LogP contribution in [0.2, 0.25) is 0 Å². The first-order chi connectivity index (χ1) is 11.2. The van der Waals surface area contributed by atoms with Gasteiger partial charge in [0.05, 0.1) is 11.0 Å². The van der Waals surface area contributed by atoms with E-state index in [0.29, 0.717) is 5.69 Å². The minimum atomic E-state index is -0.153. The molecule has 0 bridgehead atoms. The molecule has 2 aromatic carbocycles. The monoisotopic (exact) mass is 301 g/mol. The largest absolute Gasteiger partial charge is 0.349 e. The van der Waals surface area contributed by atoms with Crippen molar-refractivity contribution in [2.24, 2.45) is 0 Å². The third-order valence-corrected chi connectivity index (χ3v) is 4.00. The summed E-state index contributed by atoms with van der Waals surface area (Å²) in [5.41, 5.74) is 4.14. The minimum Gasteiger partial charge on any atom is -0.349 e. The van der Waals surface area contributed by atoms with Crippen LogP contribution in [0.4, 0.5) is 5.69 Å². The van der Waals surface area contributed by atoms with E-state index in [1.807, 2.05) is 61.5 Å². The molecule has 0 aliphatic heterocycles. The molecule has 4 heteroatoms. The van der Waals surface area contributed by atoms with Gasteiger partial charge < -0.3 is 10.3 Å². The highest BCUT2D eigenvalue weighted by Gasteiger charge is 2.12. The molecular weight excluding hydrogens is 286 g/mol. The molecule has 2 N–H and O–H groups in total. The van der Waals surface area contributed by atoms with Gasteiger partial charge in [-0.1, -0.05) is 36.4 Å². The lowest BCUT2D eigenvalue weighted by Crippen LogP contribution is -2.12. The molecule has 0 aliphatic carbocycles. The van der Waals surface area contributed by atoms with Gasteiger partial charge in [0.25, 0.3) is 5.91 Å². The first kappa shape index (κ1) is 13.5. The van der Waals surface area contributed by atoms with Gasteiger partial charge in [0.2, 0.25) is 0 Å². The van der Waals surface area contributed by atoms with Gasteiger partial charge in [-0.2, -0.15) is 0 Å². The highest BCUT2D eigenvalue weighted by atomic mass is 16.1. The second-order valence-corrected chi connectivity index (χ2v) is 5.56. The Morgan fingerprint density at radius 1 is 1.04 bits per heavy atom. The number of carbonyl (C=O) groups excluding carboxylic acids is 1. The van der Waals surface area contributed by atoms with Crippen LogP contribution < -0.4 is 5.32 Å². The molecule has 4 rings (SSSR count). The first-order valence-electron chi connectivity index (χ1n) is 7.46. The number of H-pyrrole nitrogens is 1. The van der Waals surface area contributed by atoms with E-state index in [0.717, 1.165) is 33.1 Å². The van der Waals surface area contributed by atoms with E-state index in [1.54, 1.807) is 6.20 Å². The number of aryl methyl sites for hydroxylation is 1. The number of nitrogens with one attached hydrogen (secondary N) is 2. The summed E-state index contributed by atoms with van der Waals surface area (Å²) in [5, 5.41) is 4.97. The van der Waals surface area contributed by atoms with Gasteiger partial charge >= 0.3 is 0 Å². The van der Waals surface area contributed by atoms with Gasteiger partial charge in [-0.15, -0.1) is 0 Å². The Morgan fingerprint density at radius 2 is 1.87 bits per heavy atom. The maximum atomic E-state index is 12.5. The van der Waals surface area contributed by atoms with E-state index in [1.165, 1.54) is 0 Å². The second-order valence-electron chi connectivity index (χ2n) is 5.56. The number of carbonyl (C=O) groups is 1. The van der Waals surface area contributed by atoms with Gasteiger partial charge in [-0.25, -0.2) is 0 Å². The SMILES string of the molecule is Cc1ccccc1NC(=O)c1cc2ccc3cccnc3c2[nH]1. The van der Waals surface area contributed by atoms with Crippen LogP contribution in [-0.2, 0) is 0 Å². The number of para-hydroxylation sites is 1. The summed E-state index contributed by atoms with van der Waals surface area (Å²) in [6, 6.07) is 17.5. The Bertz CT molecular complexity index is 1030. The van der Waals surface area contributed by atoms with E-state index in [2.05, 4.69) is 15.3 Å². The number of benzene rings is 2. The van der Waals surface area contributed by atoms with Crippen molar-refractivity contribution >= 4 is 33.4 Å². The number of aromatic amines is 1. The Morgan fingerprint density at radius 3 is 2.74 bits per heavy atom. The van der Waals surface area contributed by atoms with Crippen LogP contribution in [-0.4, -0.2) is 15.9 Å². The molecular formula is C19H15N3O. The van der Waals surface area contributed by atoms with Crippen LogP contribution in [0.25, 0.3) is 21.8 Å². The van der Waals surface area contributed by atoms with Crippen molar-refractivity contribution in [1.29, 1.82) is 0 Å². The fourth-order valence-electron chi connectivity index (χ4n) is 2.76. The van der Waals surface area contributed by atoms with Crippen molar-refractivity contribution in [3.8, 4) is 0 Å². The van der Waals surface area contributed by atoms with Crippen LogP contribution in [0, 0.1) is 6.92 Å². The van der Waals surface area contributed by atoms with E-state index in [4.69, 9.17) is 0 Å². The number of nitrogens with zero attached hydrogens (tertiary/aromatic N) is 1. The average Bonchev–Trinajstić information content (AvgIpc) is 3.02. The number of aromatic nitrogens is 2. The number of rotatable bonds is 2. The van der Waals surface area contributed by atoms with Crippen molar-refractivity contribution in [3.05, 3.63) is 72.1 Å². The van der Waals surface area contributed by atoms with Gasteiger partial charge in [-0.05, 0) is 30.7 Å². The molecule has 0 unspecified atom stereocenters. The number of hydrogen-bond acceptors (Lipinski definition) is 2. The van der Waals surface area contributed by atoms with Crippen LogP contribution in [0.15, 0.2) is 60.8 Å². The molecule has 1 amide bonds. The third-order valence-electron chi connectivity index (χ3n) is 4.00. The fraction of sp³-hybridized carbons (Fsp3) is 0.0526. The van der Waals surface area contributed by atoms with Gasteiger partial charge in [0.15, 0.2) is 0 Å². The lowest BCUT2D eigenvalue weighted by Gasteiger charge is -2.06. The normalized spacial score (nSPS) is 11.0. The maximum Gasteiger partial charge on any atom is 0.272 e. The molecule has 0 spiro atoms. The molecule has 0 saturated carbocycles. The zero-order valence-electron chi connectivity index (χ0n) is 12.6. The minimum absolute atomic E-state index is 0.153. The quantitative estimate of drug-likeness (QED) is 0.580. The van der Waals surface area contributed by atoms with Crippen LogP contribution >= 0.6 is 0 Å². The summed E-state index contributed by atoms with van der Waals surface area (Å²) in [5.74, 6) is -0.153. The Balaban J connectivity index is 1.76. The highest BCUT2D eigenvalue weighted by molar-refractivity contribution is 6.10. The summed E-state index contributed by atoms with van der Waals surface area (Å²) < 4.78 is 0. The van der Waals surface area contributed by atoms with Crippen LogP contribution in [0.5, 0.6) is 0 Å². The lowest BCUT2D eigenvalue weighted by atomic mass is 10.1. The number of anilines is 1. The van der Waals surface area contributed by atoms with E-state index in [-0.39, 0.29) is 5.91 Å². The van der Waals surface area contributed by atoms with Crippen molar-refractivity contribution in [3.63, 3.8) is 0 Å². The topological polar surface area (TPSA) is 57.8 Å². The molecule has 23 heavy (non-hydrogen) atoms.